The Hall–Kier alpha value is -2.52. The number of carbonyl (C=O) groups is 2. The maximum atomic E-state index is 14.7. The van der Waals surface area contributed by atoms with Crippen molar-refractivity contribution in [1.29, 1.82) is 0 Å². The molecule has 5 rings (SSSR count). The lowest BCUT2D eigenvalue weighted by molar-refractivity contribution is -0.132. The van der Waals surface area contributed by atoms with E-state index in [4.69, 9.17) is 0 Å². The van der Waals surface area contributed by atoms with Gasteiger partial charge < -0.3 is 15.2 Å². The zero-order chi connectivity index (χ0) is 22.4. The number of hydrogen-bond acceptors (Lipinski definition) is 5. The third-order valence-corrected chi connectivity index (χ3v) is 7.19. The second-order valence-electron chi connectivity index (χ2n) is 9.68. The van der Waals surface area contributed by atoms with Gasteiger partial charge in [-0.1, -0.05) is 26.0 Å². The van der Waals surface area contributed by atoms with Crippen LogP contribution in [0.5, 0.6) is 0 Å². The van der Waals surface area contributed by atoms with Crippen molar-refractivity contribution >= 4 is 22.8 Å². The molecule has 1 aliphatic carbocycles. The van der Waals surface area contributed by atoms with E-state index in [9.17, 15) is 14.0 Å². The molecule has 3 fully saturated rings. The highest BCUT2D eigenvalue weighted by molar-refractivity contribution is 5.89. The van der Waals surface area contributed by atoms with Crippen molar-refractivity contribution in [2.24, 2.45) is 17.8 Å². The van der Waals surface area contributed by atoms with Crippen LogP contribution in [-0.2, 0) is 9.59 Å². The quantitative estimate of drug-likeness (QED) is 0.569. The molecule has 2 saturated heterocycles. The van der Waals surface area contributed by atoms with Gasteiger partial charge in [0.15, 0.2) is 0 Å². The molecular formula is C23H31FN6O2. The van der Waals surface area contributed by atoms with Gasteiger partial charge in [0.2, 0.25) is 11.8 Å². The predicted octanol–water partition coefficient (Wildman–Crippen LogP) is 2.17. The Labute approximate surface area is 186 Å². The van der Waals surface area contributed by atoms with E-state index in [-0.39, 0.29) is 42.2 Å². The van der Waals surface area contributed by atoms with E-state index in [0.717, 1.165) is 23.9 Å². The summed E-state index contributed by atoms with van der Waals surface area (Å²) in [5.41, 5.74) is 8.07. The molecule has 6 unspecified atom stereocenters. The van der Waals surface area contributed by atoms with Crippen molar-refractivity contribution in [2.75, 3.05) is 6.54 Å². The van der Waals surface area contributed by atoms with Crippen LogP contribution in [0, 0.1) is 17.8 Å². The van der Waals surface area contributed by atoms with Crippen LogP contribution < -0.4 is 16.2 Å². The number of benzene rings is 1. The summed E-state index contributed by atoms with van der Waals surface area (Å²) in [5.74, 6) is -0.175. The predicted molar refractivity (Wildman–Crippen MR) is 118 cm³/mol. The number of para-hydroxylation sites is 2. The summed E-state index contributed by atoms with van der Waals surface area (Å²) in [4.78, 5) is 35.6. The van der Waals surface area contributed by atoms with Crippen LogP contribution in [0.3, 0.4) is 0 Å². The minimum Gasteiger partial charge on any atom is -0.346 e. The van der Waals surface area contributed by atoms with Gasteiger partial charge in [-0.15, -0.1) is 0 Å². The zero-order valence-corrected chi connectivity index (χ0v) is 18.5. The smallest absolute Gasteiger partial charge is 0.226 e. The number of imidazole rings is 1. The number of H-pyrrole nitrogens is 1. The Morgan fingerprint density at radius 3 is 2.84 bits per heavy atom. The first-order chi connectivity index (χ1) is 15.4. The maximum absolute atomic E-state index is 14.7. The van der Waals surface area contributed by atoms with Gasteiger partial charge in [-0.25, -0.2) is 14.8 Å². The summed E-state index contributed by atoms with van der Waals surface area (Å²) in [6, 6.07) is 7.50. The molecule has 32 heavy (non-hydrogen) atoms. The number of alkyl halides is 1. The number of rotatable bonds is 5. The van der Waals surface area contributed by atoms with Crippen LogP contribution in [0.4, 0.5) is 4.39 Å². The Morgan fingerprint density at radius 2 is 2.06 bits per heavy atom. The highest BCUT2D eigenvalue weighted by atomic mass is 19.1. The molecule has 1 aromatic carbocycles. The largest absolute Gasteiger partial charge is 0.346 e. The van der Waals surface area contributed by atoms with Crippen LogP contribution in [0.1, 0.15) is 51.4 Å². The second kappa shape index (κ2) is 8.44. The maximum Gasteiger partial charge on any atom is 0.226 e. The van der Waals surface area contributed by atoms with Gasteiger partial charge in [-0.05, 0) is 37.3 Å². The number of aromatic amines is 1. The number of hydrogen-bond donors (Lipinski definition) is 4. The third-order valence-electron chi connectivity index (χ3n) is 7.19. The molecule has 3 aliphatic rings. The number of halogens is 1. The Bertz CT molecular complexity index is 976. The van der Waals surface area contributed by atoms with Gasteiger partial charge in [0.05, 0.1) is 23.0 Å². The first kappa shape index (κ1) is 21.3. The van der Waals surface area contributed by atoms with E-state index in [1.165, 1.54) is 0 Å². The number of carbonyl (C=O) groups excluding carboxylic acids is 2. The molecule has 9 heteroatoms. The van der Waals surface area contributed by atoms with Crippen LogP contribution in [0.25, 0.3) is 11.0 Å². The molecule has 2 amide bonds. The highest BCUT2D eigenvalue weighted by Gasteiger charge is 2.50. The van der Waals surface area contributed by atoms with Crippen molar-refractivity contribution in [2.45, 2.75) is 64.0 Å². The van der Waals surface area contributed by atoms with Gasteiger partial charge in [-0.3, -0.25) is 15.0 Å². The number of hydrazine groups is 1. The summed E-state index contributed by atoms with van der Waals surface area (Å²) in [7, 11) is 0. The monoisotopic (exact) mass is 442 g/mol. The molecule has 0 spiro atoms. The van der Waals surface area contributed by atoms with Gasteiger partial charge in [0, 0.05) is 24.9 Å². The first-order valence-corrected chi connectivity index (χ1v) is 11.6. The third kappa shape index (κ3) is 3.77. The van der Waals surface area contributed by atoms with Crippen LogP contribution in [0.15, 0.2) is 24.3 Å². The molecule has 1 saturated carbocycles. The molecule has 172 valence electrons. The highest BCUT2D eigenvalue weighted by Crippen LogP contribution is 2.36. The fourth-order valence-electron chi connectivity index (χ4n) is 5.45. The average molecular weight is 443 g/mol. The minimum absolute atomic E-state index is 0.0304. The fourth-order valence-corrected chi connectivity index (χ4v) is 5.45. The lowest BCUT2D eigenvalue weighted by atomic mass is 9.82. The van der Waals surface area contributed by atoms with Crippen molar-refractivity contribution < 1.29 is 14.0 Å². The van der Waals surface area contributed by atoms with E-state index >= 15 is 0 Å². The summed E-state index contributed by atoms with van der Waals surface area (Å²) in [5, 5.41) is 3.11. The lowest BCUT2D eigenvalue weighted by Gasteiger charge is -2.34. The molecule has 1 aromatic heterocycles. The standard InChI is InChI=1S/C23H31FN6O2/c1-12(2)20(21-25-15-7-3-4-8-16(15)26-21)27-23(32)13-10-18(31)30(11-13)22-19-14(24)6-5-9-17(19)28-29-22/h3-4,7-8,12-14,17,19-20,22,28-29H,5-6,9-11H2,1-2H3,(H,25,26)(H,27,32). The van der Waals surface area contributed by atoms with Crippen molar-refractivity contribution in [3.05, 3.63) is 30.1 Å². The van der Waals surface area contributed by atoms with E-state index < -0.39 is 18.3 Å². The number of likely N-dealkylation sites (tertiary alicyclic amines) is 1. The van der Waals surface area contributed by atoms with Crippen molar-refractivity contribution in [3.8, 4) is 0 Å². The Kier molecular flexibility index (Phi) is 5.63. The molecule has 0 bridgehead atoms. The fraction of sp³-hybridized carbons (Fsp3) is 0.609. The molecule has 2 aromatic rings. The van der Waals surface area contributed by atoms with Crippen LogP contribution in [0.2, 0.25) is 0 Å². The molecule has 2 aliphatic heterocycles. The summed E-state index contributed by atoms with van der Waals surface area (Å²) in [6.45, 7) is 4.36. The Morgan fingerprint density at radius 1 is 1.25 bits per heavy atom. The van der Waals surface area contributed by atoms with E-state index in [2.05, 4.69) is 26.1 Å². The zero-order valence-electron chi connectivity index (χ0n) is 18.5. The molecule has 6 atom stereocenters. The number of nitrogens with zero attached hydrogens (tertiary/aromatic N) is 2. The number of nitrogens with one attached hydrogen (secondary N) is 4. The normalized spacial score (nSPS) is 31.3. The lowest BCUT2D eigenvalue weighted by Crippen LogP contribution is -2.51. The molecule has 0 radical (unpaired) electrons. The molecule has 8 nitrogen and oxygen atoms in total. The topological polar surface area (TPSA) is 102 Å². The van der Waals surface area contributed by atoms with Crippen LogP contribution in [-0.4, -0.2) is 51.6 Å². The van der Waals surface area contributed by atoms with Gasteiger partial charge in [0.1, 0.15) is 18.2 Å². The first-order valence-electron chi connectivity index (χ1n) is 11.6. The number of fused-ring (bicyclic) bond motifs is 2. The summed E-state index contributed by atoms with van der Waals surface area (Å²) < 4.78 is 14.7. The van der Waals surface area contributed by atoms with E-state index in [1.807, 2.05) is 38.1 Å². The average Bonchev–Trinajstić information content (AvgIpc) is 3.47. The molecule has 3 heterocycles. The second-order valence-corrected chi connectivity index (χ2v) is 9.68. The SMILES string of the molecule is CC(C)C(NC(=O)C1CC(=O)N(C2NNC3CCCC(F)C32)C1)c1nc2ccccc2[nH]1. The number of amides is 2. The van der Waals surface area contributed by atoms with Gasteiger partial charge >= 0.3 is 0 Å². The summed E-state index contributed by atoms with van der Waals surface area (Å²) >= 11 is 0. The Balaban J connectivity index is 1.28. The number of aromatic nitrogens is 2. The molecular weight excluding hydrogens is 411 g/mol. The van der Waals surface area contributed by atoms with Gasteiger partial charge in [0.25, 0.3) is 0 Å². The minimum atomic E-state index is -0.944. The van der Waals surface area contributed by atoms with E-state index in [0.29, 0.717) is 18.8 Å². The van der Waals surface area contributed by atoms with Crippen molar-refractivity contribution in [3.63, 3.8) is 0 Å². The van der Waals surface area contributed by atoms with Crippen molar-refractivity contribution in [1.82, 2.24) is 31.0 Å². The molecule has 4 N–H and O–H groups in total. The van der Waals surface area contributed by atoms with E-state index in [1.54, 1.807) is 4.90 Å². The summed E-state index contributed by atoms with van der Waals surface area (Å²) in [6.07, 6.45) is 1.07. The van der Waals surface area contributed by atoms with Crippen LogP contribution >= 0.6 is 0 Å². The van der Waals surface area contributed by atoms with Gasteiger partial charge in [-0.2, -0.15) is 0 Å².